The van der Waals surface area contributed by atoms with Crippen molar-refractivity contribution in [1.82, 2.24) is 4.98 Å². The molecule has 0 aliphatic rings. The number of pyridine rings is 1. The minimum Gasteiger partial charge on any atom is -0.397 e. The van der Waals surface area contributed by atoms with E-state index in [0.29, 0.717) is 15.8 Å². The molecule has 0 bridgehead atoms. The maximum absolute atomic E-state index is 13.7. The summed E-state index contributed by atoms with van der Waals surface area (Å²) in [4.78, 5) is 4.54. The van der Waals surface area contributed by atoms with Crippen LogP contribution in [0.4, 0.5) is 21.5 Å². The SMILES string of the molecule is Cc1ccc2cccc(Nc3cc(F)c(Br)cc3N)c2n1. The Hall–Kier alpha value is -2.14. The Morgan fingerprint density at radius 2 is 1.95 bits per heavy atom. The lowest BCUT2D eigenvalue weighted by molar-refractivity contribution is 0.622. The molecule has 0 amide bonds. The average molecular weight is 346 g/mol. The van der Waals surface area contributed by atoms with Gasteiger partial charge in [0.1, 0.15) is 5.82 Å². The van der Waals surface area contributed by atoms with Crippen molar-refractivity contribution < 1.29 is 4.39 Å². The summed E-state index contributed by atoms with van der Waals surface area (Å²) in [6.45, 7) is 1.93. The molecule has 0 saturated heterocycles. The highest BCUT2D eigenvalue weighted by molar-refractivity contribution is 9.10. The first kappa shape index (κ1) is 13.8. The van der Waals surface area contributed by atoms with E-state index in [4.69, 9.17) is 5.73 Å². The Kier molecular flexibility index (Phi) is 3.51. The lowest BCUT2D eigenvalue weighted by Gasteiger charge is -2.12. The summed E-state index contributed by atoms with van der Waals surface area (Å²) in [6.07, 6.45) is 0. The molecule has 3 nitrogen and oxygen atoms in total. The van der Waals surface area contributed by atoms with Crippen molar-refractivity contribution in [2.75, 3.05) is 11.1 Å². The van der Waals surface area contributed by atoms with E-state index in [1.54, 1.807) is 6.07 Å². The molecule has 0 aliphatic carbocycles. The van der Waals surface area contributed by atoms with Gasteiger partial charge < -0.3 is 11.1 Å². The van der Waals surface area contributed by atoms with Gasteiger partial charge in [0.05, 0.1) is 27.1 Å². The van der Waals surface area contributed by atoms with Crippen molar-refractivity contribution in [2.45, 2.75) is 6.92 Å². The van der Waals surface area contributed by atoms with Crippen molar-refractivity contribution in [3.63, 3.8) is 0 Å². The Labute approximate surface area is 130 Å². The number of halogens is 2. The van der Waals surface area contributed by atoms with Gasteiger partial charge in [0.25, 0.3) is 0 Å². The highest BCUT2D eigenvalue weighted by Gasteiger charge is 2.09. The molecule has 0 atom stereocenters. The lowest BCUT2D eigenvalue weighted by atomic mass is 10.1. The van der Waals surface area contributed by atoms with E-state index in [1.165, 1.54) is 6.07 Å². The summed E-state index contributed by atoms with van der Waals surface area (Å²) < 4.78 is 14.0. The predicted molar refractivity (Wildman–Crippen MR) is 88.3 cm³/mol. The minimum atomic E-state index is -0.365. The molecule has 5 heteroatoms. The summed E-state index contributed by atoms with van der Waals surface area (Å²) in [5.74, 6) is -0.365. The fourth-order valence-corrected chi connectivity index (χ4v) is 2.52. The van der Waals surface area contributed by atoms with Gasteiger partial charge in [0.2, 0.25) is 0 Å². The summed E-state index contributed by atoms with van der Waals surface area (Å²) in [6, 6.07) is 12.7. The first-order valence-electron chi connectivity index (χ1n) is 6.42. The molecule has 0 fully saturated rings. The second-order valence-corrected chi connectivity index (χ2v) is 5.66. The van der Waals surface area contributed by atoms with Crippen molar-refractivity contribution in [1.29, 1.82) is 0 Å². The minimum absolute atomic E-state index is 0.345. The van der Waals surface area contributed by atoms with Crippen LogP contribution in [-0.2, 0) is 0 Å². The van der Waals surface area contributed by atoms with Crippen molar-refractivity contribution >= 4 is 43.9 Å². The normalized spacial score (nSPS) is 10.8. The van der Waals surface area contributed by atoms with Gasteiger partial charge in [0, 0.05) is 17.1 Å². The van der Waals surface area contributed by atoms with Gasteiger partial charge in [-0.2, -0.15) is 0 Å². The van der Waals surface area contributed by atoms with Crippen LogP contribution in [0.25, 0.3) is 10.9 Å². The van der Waals surface area contributed by atoms with Crippen LogP contribution in [0.1, 0.15) is 5.69 Å². The fourth-order valence-electron chi connectivity index (χ4n) is 2.16. The molecule has 0 spiro atoms. The molecule has 0 radical (unpaired) electrons. The standard InChI is InChI=1S/C16H13BrFN3/c1-9-5-6-10-3-2-4-14(16(10)20-9)21-15-8-12(18)11(17)7-13(15)19/h2-8,21H,19H2,1H3. The second kappa shape index (κ2) is 5.33. The summed E-state index contributed by atoms with van der Waals surface area (Å²) >= 11 is 3.12. The molecular weight excluding hydrogens is 333 g/mol. The molecule has 0 saturated carbocycles. The summed E-state index contributed by atoms with van der Waals surface area (Å²) in [7, 11) is 0. The number of nitrogens with zero attached hydrogens (tertiary/aromatic N) is 1. The number of aryl methyl sites for hydroxylation is 1. The van der Waals surface area contributed by atoms with Gasteiger partial charge in [-0.05, 0) is 41.1 Å². The van der Waals surface area contributed by atoms with E-state index in [2.05, 4.69) is 26.2 Å². The Balaban J connectivity index is 2.10. The van der Waals surface area contributed by atoms with Crippen LogP contribution < -0.4 is 11.1 Å². The molecule has 3 N–H and O–H groups in total. The number of anilines is 3. The van der Waals surface area contributed by atoms with Gasteiger partial charge in [-0.3, -0.25) is 4.98 Å². The molecule has 0 aliphatic heterocycles. The lowest BCUT2D eigenvalue weighted by Crippen LogP contribution is -1.99. The number of fused-ring (bicyclic) bond motifs is 1. The van der Waals surface area contributed by atoms with E-state index < -0.39 is 0 Å². The van der Waals surface area contributed by atoms with Crippen molar-refractivity contribution in [3.8, 4) is 0 Å². The van der Waals surface area contributed by atoms with Gasteiger partial charge in [-0.25, -0.2) is 4.39 Å². The van der Waals surface area contributed by atoms with Gasteiger partial charge >= 0.3 is 0 Å². The maximum Gasteiger partial charge on any atom is 0.139 e. The van der Waals surface area contributed by atoms with Crippen LogP contribution in [0.2, 0.25) is 0 Å². The molecule has 0 unspecified atom stereocenters. The third-order valence-corrected chi connectivity index (χ3v) is 3.83. The van der Waals surface area contributed by atoms with E-state index >= 15 is 0 Å². The molecular formula is C16H13BrFN3. The second-order valence-electron chi connectivity index (χ2n) is 4.81. The van der Waals surface area contributed by atoms with Gasteiger partial charge in [-0.15, -0.1) is 0 Å². The van der Waals surface area contributed by atoms with Gasteiger partial charge in [0.15, 0.2) is 0 Å². The zero-order valence-corrected chi connectivity index (χ0v) is 12.9. The molecule has 1 heterocycles. The molecule has 106 valence electrons. The van der Waals surface area contributed by atoms with E-state index in [0.717, 1.165) is 22.3 Å². The Morgan fingerprint density at radius 3 is 2.76 bits per heavy atom. The largest absolute Gasteiger partial charge is 0.397 e. The number of hydrogen-bond acceptors (Lipinski definition) is 3. The molecule has 3 rings (SSSR count). The number of nitrogens with one attached hydrogen (secondary N) is 1. The van der Waals surface area contributed by atoms with Crippen LogP contribution in [0, 0.1) is 12.7 Å². The third-order valence-electron chi connectivity index (χ3n) is 3.22. The van der Waals surface area contributed by atoms with Crippen LogP contribution >= 0.6 is 15.9 Å². The topological polar surface area (TPSA) is 50.9 Å². The quantitative estimate of drug-likeness (QED) is 0.657. The monoisotopic (exact) mass is 345 g/mol. The van der Waals surface area contributed by atoms with Crippen LogP contribution in [0.5, 0.6) is 0 Å². The Bertz CT molecular complexity index is 833. The van der Waals surface area contributed by atoms with Crippen LogP contribution in [0.3, 0.4) is 0 Å². The summed E-state index contributed by atoms with van der Waals surface area (Å²) in [5, 5.41) is 4.18. The van der Waals surface area contributed by atoms with E-state index in [1.807, 2.05) is 37.3 Å². The fraction of sp³-hybridized carbons (Fsp3) is 0.0625. The number of rotatable bonds is 2. The van der Waals surface area contributed by atoms with Gasteiger partial charge in [-0.1, -0.05) is 18.2 Å². The number of benzene rings is 2. The Morgan fingerprint density at radius 1 is 1.14 bits per heavy atom. The van der Waals surface area contributed by atoms with Crippen molar-refractivity contribution in [3.05, 3.63) is 58.4 Å². The molecule has 2 aromatic carbocycles. The highest BCUT2D eigenvalue weighted by Crippen LogP contribution is 2.31. The average Bonchev–Trinajstić information content (AvgIpc) is 2.45. The number of nitrogens with two attached hydrogens (primary N) is 1. The molecule has 1 aromatic heterocycles. The zero-order valence-electron chi connectivity index (χ0n) is 11.3. The predicted octanol–water partition coefficient (Wildman–Crippen LogP) is 4.77. The van der Waals surface area contributed by atoms with E-state index in [-0.39, 0.29) is 5.82 Å². The zero-order chi connectivity index (χ0) is 15.0. The van der Waals surface area contributed by atoms with Crippen molar-refractivity contribution in [2.24, 2.45) is 0 Å². The third kappa shape index (κ3) is 2.69. The summed E-state index contributed by atoms with van der Waals surface area (Å²) in [5.41, 5.74) is 9.47. The maximum atomic E-state index is 13.7. The highest BCUT2D eigenvalue weighted by atomic mass is 79.9. The smallest absolute Gasteiger partial charge is 0.139 e. The van der Waals surface area contributed by atoms with Crippen LogP contribution in [-0.4, -0.2) is 4.98 Å². The number of para-hydroxylation sites is 1. The number of aromatic nitrogens is 1. The molecule has 3 aromatic rings. The first-order chi connectivity index (χ1) is 10.0. The molecule has 21 heavy (non-hydrogen) atoms. The first-order valence-corrected chi connectivity index (χ1v) is 7.22. The van der Waals surface area contributed by atoms with Crippen LogP contribution in [0.15, 0.2) is 46.9 Å². The number of nitrogen functional groups attached to an aromatic ring is 1. The number of hydrogen-bond donors (Lipinski definition) is 2. The van der Waals surface area contributed by atoms with E-state index in [9.17, 15) is 4.39 Å².